The van der Waals surface area contributed by atoms with E-state index in [1.54, 1.807) is 0 Å². The second-order valence-electron chi connectivity index (χ2n) is 2.06. The molecule has 0 N–H and O–H groups in total. The van der Waals surface area contributed by atoms with E-state index in [9.17, 15) is 8.78 Å². The molecule has 1 fully saturated rings. The zero-order chi connectivity index (χ0) is 6.04. The minimum atomic E-state index is -2.49. The van der Waals surface area contributed by atoms with Crippen LogP contribution in [0.25, 0.3) is 0 Å². The lowest BCUT2D eigenvalue weighted by atomic mass is 10.1. The third-order valence-corrected chi connectivity index (χ3v) is 1.20. The highest BCUT2D eigenvalue weighted by molar-refractivity contribution is 4.74. The Morgan fingerprint density at radius 1 is 1.38 bits per heavy atom. The third kappa shape index (κ3) is 1.40. The summed E-state index contributed by atoms with van der Waals surface area (Å²) in [6.07, 6.45) is 0.573. The van der Waals surface area contributed by atoms with Crippen LogP contribution in [0.5, 0.6) is 0 Å². The van der Waals surface area contributed by atoms with Crippen molar-refractivity contribution in [2.45, 2.75) is 18.8 Å². The van der Waals surface area contributed by atoms with E-state index in [4.69, 9.17) is 0 Å². The van der Waals surface area contributed by atoms with E-state index >= 15 is 0 Å². The molecule has 3 heteroatoms. The lowest BCUT2D eigenvalue weighted by Gasteiger charge is -2.20. The summed E-state index contributed by atoms with van der Waals surface area (Å²) in [5, 5.41) is 3.58. The Hall–Kier alpha value is -0.180. The molecule has 0 spiro atoms. The van der Waals surface area contributed by atoms with Gasteiger partial charge in [-0.2, -0.15) is 0 Å². The molecule has 1 rings (SSSR count). The van der Waals surface area contributed by atoms with E-state index in [0.29, 0.717) is 13.0 Å². The zero-order valence-electron chi connectivity index (χ0n) is 4.53. The Kier molecular flexibility index (Phi) is 1.47. The minimum absolute atomic E-state index is 0.0243. The summed E-state index contributed by atoms with van der Waals surface area (Å²) in [4.78, 5) is 0. The summed E-state index contributed by atoms with van der Waals surface area (Å²) in [6, 6.07) is 0. The monoisotopic (exact) mass is 120 g/mol. The Morgan fingerprint density at radius 3 is 2.38 bits per heavy atom. The van der Waals surface area contributed by atoms with E-state index in [1.807, 2.05) is 0 Å². The number of nitrogens with zero attached hydrogens (tertiary/aromatic N) is 1. The van der Waals surface area contributed by atoms with Crippen molar-refractivity contribution in [2.75, 3.05) is 13.1 Å². The highest BCUT2D eigenvalue weighted by atomic mass is 19.3. The smallest absolute Gasteiger partial charge is 0.236 e. The van der Waals surface area contributed by atoms with Gasteiger partial charge in [0.05, 0.1) is 6.54 Å². The van der Waals surface area contributed by atoms with Gasteiger partial charge in [-0.25, -0.2) is 14.1 Å². The average Bonchev–Trinajstić information content (AvgIpc) is 1.65. The van der Waals surface area contributed by atoms with Crippen LogP contribution in [0.1, 0.15) is 12.8 Å². The lowest BCUT2D eigenvalue weighted by molar-refractivity contribution is -0.0220. The molecule has 1 nitrogen and oxygen atoms in total. The van der Waals surface area contributed by atoms with E-state index in [0.717, 1.165) is 0 Å². The Bertz CT molecular complexity index is 74.5. The van der Waals surface area contributed by atoms with E-state index in [2.05, 4.69) is 5.32 Å². The standard InChI is InChI=1S/C5H8F2N/c6-5(7)2-1-3-8-4-5/h1-4H2. The summed E-state index contributed by atoms with van der Waals surface area (Å²) >= 11 is 0. The van der Waals surface area contributed by atoms with Crippen LogP contribution in [-0.4, -0.2) is 19.0 Å². The average molecular weight is 120 g/mol. The van der Waals surface area contributed by atoms with Gasteiger partial charge in [0.1, 0.15) is 0 Å². The highest BCUT2D eigenvalue weighted by Crippen LogP contribution is 2.21. The summed E-state index contributed by atoms with van der Waals surface area (Å²) in [7, 11) is 0. The quantitative estimate of drug-likeness (QED) is 0.453. The molecule has 1 aliphatic heterocycles. The van der Waals surface area contributed by atoms with Gasteiger partial charge in [0.15, 0.2) is 0 Å². The summed E-state index contributed by atoms with van der Waals surface area (Å²) in [5.41, 5.74) is 0. The van der Waals surface area contributed by atoms with Crippen molar-refractivity contribution in [3.8, 4) is 0 Å². The van der Waals surface area contributed by atoms with Crippen LogP contribution in [0.4, 0.5) is 8.78 Å². The maximum atomic E-state index is 12.1. The first-order chi connectivity index (χ1) is 3.71. The molecule has 47 valence electrons. The van der Waals surface area contributed by atoms with Crippen molar-refractivity contribution in [1.82, 2.24) is 5.32 Å². The van der Waals surface area contributed by atoms with Crippen LogP contribution in [0, 0.1) is 0 Å². The van der Waals surface area contributed by atoms with Crippen LogP contribution in [0.3, 0.4) is 0 Å². The third-order valence-electron chi connectivity index (χ3n) is 1.20. The van der Waals surface area contributed by atoms with Crippen molar-refractivity contribution in [1.29, 1.82) is 0 Å². The topological polar surface area (TPSA) is 14.1 Å². The number of hydrogen-bond acceptors (Lipinski definition) is 0. The molecule has 0 unspecified atom stereocenters. The maximum Gasteiger partial charge on any atom is 0.262 e. The van der Waals surface area contributed by atoms with Gasteiger partial charge in [0.25, 0.3) is 5.92 Å². The molecule has 1 saturated heterocycles. The molecule has 0 aromatic carbocycles. The summed E-state index contributed by atoms with van der Waals surface area (Å²) in [5.74, 6) is -2.49. The number of halogens is 2. The molecular formula is C5H8F2N. The number of alkyl halides is 2. The molecule has 0 atom stereocenters. The van der Waals surface area contributed by atoms with Gasteiger partial charge in [-0.15, -0.1) is 0 Å². The fourth-order valence-electron chi connectivity index (χ4n) is 0.771. The lowest BCUT2D eigenvalue weighted by Crippen LogP contribution is -2.34. The molecule has 0 aromatic heterocycles. The molecule has 1 heterocycles. The largest absolute Gasteiger partial charge is 0.262 e. The maximum absolute atomic E-state index is 12.1. The van der Waals surface area contributed by atoms with Crippen molar-refractivity contribution in [3.05, 3.63) is 0 Å². The van der Waals surface area contributed by atoms with Gasteiger partial charge in [-0.05, 0) is 6.42 Å². The Labute approximate surface area is 47.1 Å². The molecule has 8 heavy (non-hydrogen) atoms. The van der Waals surface area contributed by atoms with Crippen LogP contribution in [-0.2, 0) is 0 Å². The molecule has 0 aromatic rings. The molecule has 0 amide bonds. The van der Waals surface area contributed by atoms with Gasteiger partial charge in [-0.3, -0.25) is 0 Å². The van der Waals surface area contributed by atoms with Crippen molar-refractivity contribution < 1.29 is 8.78 Å². The molecular weight excluding hydrogens is 112 g/mol. The molecule has 0 saturated carbocycles. The van der Waals surface area contributed by atoms with E-state index in [-0.39, 0.29) is 13.0 Å². The predicted molar refractivity (Wildman–Crippen MR) is 26.0 cm³/mol. The highest BCUT2D eigenvalue weighted by Gasteiger charge is 2.30. The molecule has 1 aliphatic rings. The Morgan fingerprint density at radius 2 is 2.12 bits per heavy atom. The van der Waals surface area contributed by atoms with Crippen LogP contribution < -0.4 is 5.32 Å². The first kappa shape index (κ1) is 5.95. The molecule has 0 aliphatic carbocycles. The Balaban J connectivity index is 2.33. The molecule has 1 radical (unpaired) electrons. The summed E-state index contributed by atoms with van der Waals surface area (Å²) in [6.45, 7) is 0.364. The van der Waals surface area contributed by atoms with Crippen LogP contribution >= 0.6 is 0 Å². The van der Waals surface area contributed by atoms with Crippen molar-refractivity contribution in [2.24, 2.45) is 0 Å². The fourth-order valence-corrected chi connectivity index (χ4v) is 0.771. The van der Waals surface area contributed by atoms with Gasteiger partial charge in [0.2, 0.25) is 0 Å². The number of piperidine rings is 1. The normalized spacial score (nSPS) is 27.8. The van der Waals surface area contributed by atoms with Gasteiger partial charge in [0, 0.05) is 13.0 Å². The number of rotatable bonds is 0. The van der Waals surface area contributed by atoms with Gasteiger partial charge >= 0.3 is 0 Å². The predicted octanol–water partition coefficient (Wildman–Crippen LogP) is 1.02. The zero-order valence-corrected chi connectivity index (χ0v) is 4.53. The fraction of sp³-hybridized carbons (Fsp3) is 1.00. The van der Waals surface area contributed by atoms with Gasteiger partial charge in [-0.1, -0.05) is 0 Å². The van der Waals surface area contributed by atoms with Crippen molar-refractivity contribution in [3.63, 3.8) is 0 Å². The van der Waals surface area contributed by atoms with Gasteiger partial charge < -0.3 is 0 Å². The van der Waals surface area contributed by atoms with Crippen LogP contribution in [0.2, 0.25) is 0 Å². The van der Waals surface area contributed by atoms with E-state index in [1.165, 1.54) is 0 Å². The molecule has 0 bridgehead atoms. The minimum Gasteiger partial charge on any atom is -0.236 e. The first-order valence-electron chi connectivity index (χ1n) is 2.72. The SMILES string of the molecule is FC1(F)CCC[N]C1. The van der Waals surface area contributed by atoms with E-state index < -0.39 is 5.92 Å². The first-order valence-corrected chi connectivity index (χ1v) is 2.72. The summed E-state index contributed by atoms with van der Waals surface area (Å²) < 4.78 is 24.2. The second kappa shape index (κ2) is 1.97. The second-order valence-corrected chi connectivity index (χ2v) is 2.06. The van der Waals surface area contributed by atoms with Crippen LogP contribution in [0.15, 0.2) is 0 Å². The number of hydrogen-bond donors (Lipinski definition) is 0. The van der Waals surface area contributed by atoms with Crippen molar-refractivity contribution >= 4 is 0 Å².